The minimum absolute atomic E-state index is 0.223. The molecule has 0 unspecified atom stereocenters. The van der Waals surface area contributed by atoms with Crippen molar-refractivity contribution in [3.05, 3.63) is 5.56 Å². The number of hydrogen-bond acceptors (Lipinski definition) is 5. The normalized spacial score (nSPS) is 14.4. The molecular weight excluding hydrogens is 184 g/mol. The molecule has 6 nitrogen and oxygen atoms in total. The van der Waals surface area contributed by atoms with E-state index in [0.717, 1.165) is 19.5 Å². The third-order valence-corrected chi connectivity index (χ3v) is 2.21. The Morgan fingerprint density at radius 2 is 2.50 bits per heavy atom. The lowest BCUT2D eigenvalue weighted by molar-refractivity contribution is 0.0603. The summed E-state index contributed by atoms with van der Waals surface area (Å²) < 4.78 is 6.33. The molecule has 3 N–H and O–H groups in total. The van der Waals surface area contributed by atoms with E-state index in [9.17, 15) is 4.79 Å². The molecular formula is C8H12N4O2. The number of aromatic nitrogens is 2. The zero-order valence-corrected chi connectivity index (χ0v) is 7.91. The molecule has 2 rings (SSSR count). The molecule has 0 bridgehead atoms. The van der Waals surface area contributed by atoms with Crippen molar-refractivity contribution >= 4 is 17.6 Å². The van der Waals surface area contributed by atoms with Crippen LogP contribution in [0.1, 0.15) is 16.8 Å². The number of nitrogen functional groups attached to an aromatic ring is 1. The minimum Gasteiger partial charge on any atom is -0.465 e. The number of anilines is 2. The molecule has 1 aromatic rings. The first-order valence-corrected chi connectivity index (χ1v) is 4.42. The van der Waals surface area contributed by atoms with Crippen LogP contribution in [0, 0.1) is 0 Å². The van der Waals surface area contributed by atoms with Crippen molar-refractivity contribution in [3.8, 4) is 0 Å². The van der Waals surface area contributed by atoms with Crippen molar-refractivity contribution < 1.29 is 9.53 Å². The van der Waals surface area contributed by atoms with Gasteiger partial charge in [0.05, 0.1) is 7.11 Å². The van der Waals surface area contributed by atoms with Gasteiger partial charge in [0.1, 0.15) is 11.4 Å². The number of nitrogens with two attached hydrogens (primary N) is 1. The van der Waals surface area contributed by atoms with Crippen LogP contribution >= 0.6 is 0 Å². The van der Waals surface area contributed by atoms with Crippen LogP contribution in [-0.4, -0.2) is 29.4 Å². The highest BCUT2D eigenvalue weighted by atomic mass is 16.5. The van der Waals surface area contributed by atoms with Gasteiger partial charge in [-0.15, -0.1) is 0 Å². The molecule has 76 valence electrons. The molecule has 1 aliphatic heterocycles. The largest absolute Gasteiger partial charge is 0.465 e. The van der Waals surface area contributed by atoms with E-state index in [1.807, 2.05) is 0 Å². The molecule has 0 spiro atoms. The van der Waals surface area contributed by atoms with Crippen molar-refractivity contribution in [3.63, 3.8) is 0 Å². The fourth-order valence-electron chi connectivity index (χ4n) is 1.56. The zero-order chi connectivity index (χ0) is 10.1. The maximum Gasteiger partial charge on any atom is 0.345 e. The zero-order valence-electron chi connectivity index (χ0n) is 7.91. The van der Waals surface area contributed by atoms with Crippen molar-refractivity contribution in [2.75, 3.05) is 24.7 Å². The molecule has 0 atom stereocenters. The van der Waals surface area contributed by atoms with Crippen molar-refractivity contribution in [1.82, 2.24) is 9.78 Å². The van der Waals surface area contributed by atoms with Gasteiger partial charge in [0.25, 0.3) is 0 Å². The molecule has 0 saturated carbocycles. The van der Waals surface area contributed by atoms with Crippen LogP contribution in [0.15, 0.2) is 0 Å². The second-order valence-corrected chi connectivity index (χ2v) is 3.10. The van der Waals surface area contributed by atoms with Crippen molar-refractivity contribution in [2.24, 2.45) is 0 Å². The summed E-state index contributed by atoms with van der Waals surface area (Å²) in [6.07, 6.45) is 0.981. The van der Waals surface area contributed by atoms with Gasteiger partial charge in [-0.3, -0.25) is 0 Å². The van der Waals surface area contributed by atoms with Gasteiger partial charge >= 0.3 is 5.97 Å². The van der Waals surface area contributed by atoms with Gasteiger partial charge in [-0.05, 0) is 6.42 Å². The Morgan fingerprint density at radius 3 is 3.21 bits per heavy atom. The number of carbonyl (C=O) groups is 1. The number of aryl methyl sites for hydroxylation is 1. The Labute approximate surface area is 81.0 Å². The predicted octanol–water partition coefficient (Wildman–Crippen LogP) is 0.0675. The van der Waals surface area contributed by atoms with Crippen molar-refractivity contribution in [2.45, 2.75) is 13.0 Å². The first-order valence-electron chi connectivity index (χ1n) is 4.42. The van der Waals surface area contributed by atoms with Crippen LogP contribution in [0.25, 0.3) is 0 Å². The molecule has 0 aromatic carbocycles. The number of fused-ring (bicyclic) bond motifs is 1. The van der Waals surface area contributed by atoms with E-state index in [0.29, 0.717) is 11.4 Å². The smallest absolute Gasteiger partial charge is 0.345 e. The lowest BCUT2D eigenvalue weighted by atomic mass is 10.2. The molecule has 6 heteroatoms. The van der Waals surface area contributed by atoms with Crippen LogP contribution < -0.4 is 11.1 Å². The third kappa shape index (κ3) is 1.19. The summed E-state index contributed by atoms with van der Waals surface area (Å²) in [5.74, 6) is 0.444. The molecule has 14 heavy (non-hydrogen) atoms. The first-order chi connectivity index (χ1) is 6.74. The highest BCUT2D eigenvalue weighted by Gasteiger charge is 2.24. The number of nitrogens with zero attached hydrogens (tertiary/aromatic N) is 2. The molecule has 2 heterocycles. The average molecular weight is 196 g/mol. The minimum atomic E-state index is -0.446. The van der Waals surface area contributed by atoms with Gasteiger partial charge < -0.3 is 15.8 Å². The number of nitrogens with one attached hydrogen (secondary N) is 1. The maximum absolute atomic E-state index is 11.4. The second kappa shape index (κ2) is 3.21. The quantitative estimate of drug-likeness (QED) is 0.621. The second-order valence-electron chi connectivity index (χ2n) is 3.10. The molecule has 0 radical (unpaired) electrons. The van der Waals surface area contributed by atoms with Gasteiger partial charge in [-0.2, -0.15) is 5.10 Å². The summed E-state index contributed by atoms with van der Waals surface area (Å²) in [5.41, 5.74) is 5.96. The Hall–Kier alpha value is -1.72. The lowest BCUT2D eigenvalue weighted by Gasteiger charge is -2.15. The highest BCUT2D eigenvalue weighted by Crippen LogP contribution is 2.25. The Kier molecular flexibility index (Phi) is 2.03. The number of hydrogen-bond donors (Lipinski definition) is 2. The third-order valence-electron chi connectivity index (χ3n) is 2.21. The van der Waals surface area contributed by atoms with Crippen LogP contribution in [0.2, 0.25) is 0 Å². The van der Waals surface area contributed by atoms with E-state index in [2.05, 4.69) is 15.2 Å². The standard InChI is InChI=1S/C8H12N4O2/c1-14-8(13)5-6(9)11-12-4-2-3-10-7(5)12/h10H,2-4H2,1H3,(H2,9,11). The van der Waals surface area contributed by atoms with Crippen LogP contribution in [0.3, 0.4) is 0 Å². The van der Waals surface area contributed by atoms with Crippen molar-refractivity contribution in [1.29, 1.82) is 0 Å². The molecule has 0 aliphatic carbocycles. The van der Waals surface area contributed by atoms with E-state index < -0.39 is 5.97 Å². The van der Waals surface area contributed by atoms with Gasteiger partial charge in [0.15, 0.2) is 5.82 Å². The van der Waals surface area contributed by atoms with Gasteiger partial charge in [-0.1, -0.05) is 0 Å². The Morgan fingerprint density at radius 1 is 1.71 bits per heavy atom. The van der Waals surface area contributed by atoms with Crippen LogP contribution in [0.4, 0.5) is 11.6 Å². The number of esters is 1. The van der Waals surface area contributed by atoms with Gasteiger partial charge in [-0.25, -0.2) is 9.48 Å². The molecule has 1 aliphatic rings. The number of rotatable bonds is 1. The summed E-state index contributed by atoms with van der Waals surface area (Å²) in [5, 5.41) is 7.14. The monoisotopic (exact) mass is 196 g/mol. The number of carbonyl (C=O) groups excluding carboxylic acids is 1. The highest BCUT2D eigenvalue weighted by molar-refractivity contribution is 5.99. The maximum atomic E-state index is 11.4. The van der Waals surface area contributed by atoms with E-state index in [4.69, 9.17) is 5.73 Å². The van der Waals surface area contributed by atoms with Crippen LogP contribution in [0.5, 0.6) is 0 Å². The molecule has 0 fully saturated rings. The summed E-state index contributed by atoms with van der Waals surface area (Å²) in [4.78, 5) is 11.4. The Balaban J connectivity index is 2.47. The predicted molar refractivity (Wildman–Crippen MR) is 51.1 cm³/mol. The van der Waals surface area contributed by atoms with E-state index >= 15 is 0 Å². The number of methoxy groups -OCH3 is 1. The first kappa shape index (κ1) is 8.86. The van der Waals surface area contributed by atoms with Crippen LogP contribution in [-0.2, 0) is 11.3 Å². The average Bonchev–Trinajstić information content (AvgIpc) is 2.53. The van der Waals surface area contributed by atoms with E-state index in [1.165, 1.54) is 7.11 Å². The summed E-state index contributed by atoms with van der Waals surface area (Å²) in [6.45, 7) is 1.61. The fourth-order valence-corrected chi connectivity index (χ4v) is 1.56. The Bertz CT molecular complexity index is 372. The number of ether oxygens (including phenoxy) is 1. The lowest BCUT2D eigenvalue weighted by Crippen LogP contribution is -2.19. The summed E-state index contributed by atoms with van der Waals surface area (Å²) in [6, 6.07) is 0. The summed E-state index contributed by atoms with van der Waals surface area (Å²) in [7, 11) is 1.33. The molecule has 0 amide bonds. The van der Waals surface area contributed by atoms with Gasteiger partial charge in [0.2, 0.25) is 0 Å². The SMILES string of the molecule is COC(=O)c1c(N)nn2c1NCCC2. The molecule has 1 aromatic heterocycles. The topological polar surface area (TPSA) is 82.2 Å². The fraction of sp³-hybridized carbons (Fsp3) is 0.500. The van der Waals surface area contributed by atoms with E-state index in [1.54, 1.807) is 4.68 Å². The van der Waals surface area contributed by atoms with Gasteiger partial charge in [0, 0.05) is 13.1 Å². The summed E-state index contributed by atoms with van der Waals surface area (Å²) >= 11 is 0. The molecule has 0 saturated heterocycles. The van der Waals surface area contributed by atoms with E-state index in [-0.39, 0.29) is 5.82 Å².